The molecule has 0 amide bonds. The molecule has 2 aromatic rings. The Labute approximate surface area is 79.3 Å². The van der Waals surface area contributed by atoms with Crippen LogP contribution in [0, 0.1) is 0 Å². The van der Waals surface area contributed by atoms with Gasteiger partial charge in [-0.1, -0.05) is 18.2 Å². The molecule has 0 spiro atoms. The second-order valence-electron chi connectivity index (χ2n) is 4.29. The maximum Gasteiger partial charge on any atom is 0.176 e. The molecule has 0 saturated heterocycles. The molecule has 0 bridgehead atoms. The number of rotatable bonds is 1. The predicted octanol–water partition coefficient (Wildman–Crippen LogP) is 2.72. The van der Waals surface area contributed by atoms with Crippen LogP contribution in [0.25, 0.3) is 10.9 Å². The zero-order chi connectivity index (χ0) is 9.47. The van der Waals surface area contributed by atoms with E-state index in [1.807, 2.05) is 6.20 Å². The minimum Gasteiger partial charge on any atom is -0.295 e. The molecule has 2 rings (SSSR count). The summed E-state index contributed by atoms with van der Waals surface area (Å²) in [5.41, 5.74) is 1.27. The topological polar surface area (TPSA) is 17.8 Å². The molecule has 0 saturated carbocycles. The summed E-state index contributed by atoms with van der Waals surface area (Å²) in [5, 5.41) is 5.69. The highest BCUT2D eigenvalue weighted by atomic mass is 28.3. The van der Waals surface area contributed by atoms with Gasteiger partial charge in [0.25, 0.3) is 0 Å². The first kappa shape index (κ1) is 8.50. The van der Waals surface area contributed by atoms with Gasteiger partial charge >= 0.3 is 0 Å². The van der Waals surface area contributed by atoms with Crippen molar-refractivity contribution in [2.24, 2.45) is 0 Å². The van der Waals surface area contributed by atoms with E-state index in [1.54, 1.807) is 0 Å². The van der Waals surface area contributed by atoms with E-state index in [9.17, 15) is 0 Å². The first-order chi connectivity index (χ1) is 6.09. The molecule has 0 unspecified atom stereocenters. The molecule has 1 aromatic carbocycles. The van der Waals surface area contributed by atoms with E-state index >= 15 is 0 Å². The SMILES string of the molecule is C[Si](C)(C)n1ncc2ccccc21. The second-order valence-corrected chi connectivity index (χ2v) is 9.05. The number of para-hydroxylation sites is 1. The van der Waals surface area contributed by atoms with Crippen LogP contribution in [0.4, 0.5) is 0 Å². The average Bonchev–Trinajstić information content (AvgIpc) is 2.45. The van der Waals surface area contributed by atoms with Crippen LogP contribution in [0.1, 0.15) is 0 Å². The van der Waals surface area contributed by atoms with Gasteiger partial charge in [0.2, 0.25) is 0 Å². The number of aromatic nitrogens is 2. The van der Waals surface area contributed by atoms with Crippen molar-refractivity contribution in [3.63, 3.8) is 0 Å². The Bertz CT molecular complexity index is 426. The van der Waals surface area contributed by atoms with E-state index in [0.717, 1.165) is 0 Å². The fourth-order valence-corrected chi connectivity index (χ4v) is 2.84. The Balaban J connectivity index is 2.72. The van der Waals surface area contributed by atoms with Gasteiger partial charge in [-0.3, -0.25) is 4.35 Å². The molecular formula is C10H14N2Si. The minimum absolute atomic E-state index is 1.24. The first-order valence-corrected chi connectivity index (χ1v) is 7.97. The molecular weight excluding hydrogens is 176 g/mol. The van der Waals surface area contributed by atoms with Crippen LogP contribution >= 0.6 is 0 Å². The van der Waals surface area contributed by atoms with Gasteiger partial charge in [0.05, 0.1) is 11.7 Å². The normalized spacial score (nSPS) is 12.2. The lowest BCUT2D eigenvalue weighted by Crippen LogP contribution is -2.32. The molecule has 2 nitrogen and oxygen atoms in total. The van der Waals surface area contributed by atoms with Crippen molar-refractivity contribution in [3.05, 3.63) is 30.5 Å². The van der Waals surface area contributed by atoms with Crippen LogP contribution in [-0.2, 0) is 0 Å². The molecule has 0 aliphatic heterocycles. The molecule has 1 heterocycles. The lowest BCUT2D eigenvalue weighted by atomic mass is 10.3. The summed E-state index contributed by atoms with van der Waals surface area (Å²) in [6.07, 6.45) is 1.95. The first-order valence-electron chi connectivity index (χ1n) is 4.52. The van der Waals surface area contributed by atoms with E-state index in [0.29, 0.717) is 0 Å². The number of fused-ring (bicyclic) bond motifs is 1. The molecule has 0 radical (unpaired) electrons. The maximum atomic E-state index is 4.44. The average molecular weight is 190 g/mol. The summed E-state index contributed by atoms with van der Waals surface area (Å²) < 4.78 is 2.20. The summed E-state index contributed by atoms with van der Waals surface area (Å²) in [4.78, 5) is 0. The summed E-state index contributed by atoms with van der Waals surface area (Å²) >= 11 is 0. The second kappa shape index (κ2) is 2.70. The van der Waals surface area contributed by atoms with Crippen LogP contribution < -0.4 is 0 Å². The van der Waals surface area contributed by atoms with Crippen molar-refractivity contribution in [1.82, 2.24) is 9.45 Å². The van der Waals surface area contributed by atoms with E-state index in [4.69, 9.17) is 0 Å². The highest BCUT2D eigenvalue weighted by Crippen LogP contribution is 2.16. The van der Waals surface area contributed by atoms with E-state index in [1.165, 1.54) is 10.9 Å². The number of benzene rings is 1. The van der Waals surface area contributed by atoms with Gasteiger partial charge in [-0.25, -0.2) is 0 Å². The molecule has 13 heavy (non-hydrogen) atoms. The van der Waals surface area contributed by atoms with E-state index in [2.05, 4.69) is 53.4 Å². The van der Waals surface area contributed by atoms with Crippen molar-refractivity contribution in [2.45, 2.75) is 19.6 Å². The van der Waals surface area contributed by atoms with Crippen molar-refractivity contribution in [2.75, 3.05) is 0 Å². The highest BCUT2D eigenvalue weighted by Gasteiger charge is 2.19. The van der Waals surface area contributed by atoms with Crippen molar-refractivity contribution in [3.8, 4) is 0 Å². The standard InChI is InChI=1S/C10H14N2Si/c1-13(2,3)12-10-7-5-4-6-9(10)8-11-12/h4-8H,1-3H3. The van der Waals surface area contributed by atoms with Gasteiger partial charge < -0.3 is 0 Å². The summed E-state index contributed by atoms with van der Waals surface area (Å²) in [6, 6.07) is 8.37. The number of nitrogens with zero attached hydrogens (tertiary/aromatic N) is 2. The van der Waals surface area contributed by atoms with Gasteiger partial charge in [0.15, 0.2) is 8.24 Å². The third-order valence-electron chi connectivity index (χ3n) is 2.11. The van der Waals surface area contributed by atoms with Crippen LogP contribution in [0.2, 0.25) is 19.6 Å². The largest absolute Gasteiger partial charge is 0.295 e. The van der Waals surface area contributed by atoms with Gasteiger partial charge in [-0.2, -0.15) is 5.10 Å². The lowest BCUT2D eigenvalue weighted by molar-refractivity contribution is 0.964. The Kier molecular flexibility index (Phi) is 1.77. The van der Waals surface area contributed by atoms with Crippen LogP contribution in [0.5, 0.6) is 0 Å². The lowest BCUT2D eigenvalue weighted by Gasteiger charge is -2.17. The van der Waals surface area contributed by atoms with Crippen LogP contribution in [-0.4, -0.2) is 17.7 Å². The molecule has 0 aliphatic carbocycles. The van der Waals surface area contributed by atoms with E-state index in [-0.39, 0.29) is 0 Å². The smallest absolute Gasteiger partial charge is 0.176 e. The van der Waals surface area contributed by atoms with Crippen molar-refractivity contribution in [1.29, 1.82) is 0 Å². The summed E-state index contributed by atoms with van der Waals surface area (Å²) in [6.45, 7) is 6.89. The predicted molar refractivity (Wildman–Crippen MR) is 58.5 cm³/mol. The Morgan fingerprint density at radius 2 is 1.85 bits per heavy atom. The van der Waals surface area contributed by atoms with Crippen LogP contribution in [0.15, 0.2) is 30.5 Å². The molecule has 0 N–H and O–H groups in total. The van der Waals surface area contributed by atoms with Crippen molar-refractivity contribution >= 4 is 19.1 Å². The van der Waals surface area contributed by atoms with Gasteiger partial charge in [0.1, 0.15) is 0 Å². The third-order valence-corrected chi connectivity index (χ3v) is 3.74. The van der Waals surface area contributed by atoms with Gasteiger partial charge in [-0.15, -0.1) is 0 Å². The van der Waals surface area contributed by atoms with Crippen LogP contribution in [0.3, 0.4) is 0 Å². The zero-order valence-electron chi connectivity index (χ0n) is 8.28. The summed E-state index contributed by atoms with van der Waals surface area (Å²) in [5.74, 6) is 0. The molecule has 0 fully saturated rings. The zero-order valence-corrected chi connectivity index (χ0v) is 9.28. The maximum absolute atomic E-state index is 4.44. The van der Waals surface area contributed by atoms with Gasteiger partial charge in [0, 0.05) is 5.39 Å². The number of hydrogen-bond acceptors (Lipinski definition) is 1. The summed E-state index contributed by atoms with van der Waals surface area (Å²) in [7, 11) is -1.34. The molecule has 3 heteroatoms. The highest BCUT2D eigenvalue weighted by molar-refractivity contribution is 6.75. The fourth-order valence-electron chi connectivity index (χ4n) is 1.51. The quantitative estimate of drug-likeness (QED) is 0.632. The third kappa shape index (κ3) is 1.39. The fraction of sp³-hybridized carbons (Fsp3) is 0.300. The monoisotopic (exact) mass is 190 g/mol. The van der Waals surface area contributed by atoms with Gasteiger partial charge in [-0.05, 0) is 25.7 Å². The van der Waals surface area contributed by atoms with E-state index < -0.39 is 8.24 Å². The Morgan fingerprint density at radius 1 is 1.15 bits per heavy atom. The Hall–Kier alpha value is -1.09. The molecule has 68 valence electrons. The Morgan fingerprint density at radius 3 is 2.54 bits per heavy atom. The molecule has 1 aromatic heterocycles. The number of hydrogen-bond donors (Lipinski definition) is 0. The minimum atomic E-state index is -1.34. The van der Waals surface area contributed by atoms with Crippen molar-refractivity contribution < 1.29 is 0 Å². The molecule has 0 atom stereocenters. The molecule has 0 aliphatic rings.